The molecule has 160 valence electrons. The van der Waals surface area contributed by atoms with E-state index in [9.17, 15) is 0 Å². The summed E-state index contributed by atoms with van der Waals surface area (Å²) >= 11 is 0. The van der Waals surface area contributed by atoms with Crippen LogP contribution in [-0.2, 0) is 6.42 Å². The minimum absolute atomic E-state index is 0.516. The Hall–Kier alpha value is -3.93. The van der Waals surface area contributed by atoms with Gasteiger partial charge in [-0.25, -0.2) is 9.97 Å². The van der Waals surface area contributed by atoms with Crippen LogP contribution in [0.5, 0.6) is 11.5 Å². The van der Waals surface area contributed by atoms with Crippen LogP contribution in [0.1, 0.15) is 18.5 Å². The molecular weight excluding hydrogens is 400 g/mol. The number of aromatic amines is 1. The standard InChI is InChI=1S/C26H24N4O2/c1-2-7-19(8-3-1)18-32-21-11-12-24(31-16-13-20-9-4-5-14-27-20)22(17-21)25-29-23-10-6-15-28-26(23)30-25/h1-2,4-7,9-12,14-15,17H,3,8,13,16,18H2,(H,28,29,30). The molecule has 1 aliphatic rings. The van der Waals surface area contributed by atoms with E-state index in [-0.39, 0.29) is 0 Å². The van der Waals surface area contributed by atoms with Gasteiger partial charge < -0.3 is 14.5 Å². The molecular formula is C26H24N4O2. The zero-order chi connectivity index (χ0) is 21.6. The van der Waals surface area contributed by atoms with Gasteiger partial charge in [0.15, 0.2) is 5.65 Å². The van der Waals surface area contributed by atoms with E-state index in [1.807, 2.05) is 48.5 Å². The number of hydrogen-bond acceptors (Lipinski definition) is 5. The first-order valence-electron chi connectivity index (χ1n) is 10.8. The van der Waals surface area contributed by atoms with Crippen LogP contribution in [0.4, 0.5) is 0 Å². The second-order valence-corrected chi connectivity index (χ2v) is 7.61. The van der Waals surface area contributed by atoms with Gasteiger partial charge in [0.2, 0.25) is 0 Å². The van der Waals surface area contributed by atoms with Gasteiger partial charge in [-0.15, -0.1) is 0 Å². The van der Waals surface area contributed by atoms with Crippen LogP contribution in [0.2, 0.25) is 0 Å². The summed E-state index contributed by atoms with van der Waals surface area (Å²) in [6.07, 6.45) is 12.8. The Morgan fingerprint density at radius 3 is 2.78 bits per heavy atom. The molecule has 0 saturated heterocycles. The maximum absolute atomic E-state index is 6.14. The maximum atomic E-state index is 6.14. The van der Waals surface area contributed by atoms with Gasteiger partial charge in [-0.05, 0) is 60.9 Å². The van der Waals surface area contributed by atoms with Crippen molar-refractivity contribution in [2.45, 2.75) is 19.3 Å². The van der Waals surface area contributed by atoms with E-state index in [1.165, 1.54) is 5.57 Å². The molecule has 32 heavy (non-hydrogen) atoms. The molecule has 0 aliphatic heterocycles. The fourth-order valence-corrected chi connectivity index (χ4v) is 3.64. The lowest BCUT2D eigenvalue weighted by Crippen LogP contribution is -2.05. The molecule has 0 amide bonds. The Morgan fingerprint density at radius 1 is 0.969 bits per heavy atom. The van der Waals surface area contributed by atoms with Crippen LogP contribution >= 0.6 is 0 Å². The fraction of sp³-hybridized carbons (Fsp3) is 0.192. The summed E-state index contributed by atoms with van der Waals surface area (Å²) in [5.74, 6) is 2.23. The highest BCUT2D eigenvalue weighted by molar-refractivity contribution is 5.78. The highest BCUT2D eigenvalue weighted by atomic mass is 16.5. The van der Waals surface area contributed by atoms with Gasteiger partial charge in [0.05, 0.1) is 12.2 Å². The Kier molecular flexibility index (Phi) is 5.92. The van der Waals surface area contributed by atoms with Gasteiger partial charge in [0.1, 0.15) is 29.4 Å². The average molecular weight is 425 g/mol. The summed E-state index contributed by atoms with van der Waals surface area (Å²) in [6, 6.07) is 15.6. The van der Waals surface area contributed by atoms with Crippen molar-refractivity contribution >= 4 is 11.2 Å². The zero-order valence-electron chi connectivity index (χ0n) is 17.7. The summed E-state index contributed by atoms with van der Waals surface area (Å²) < 4.78 is 12.2. The van der Waals surface area contributed by atoms with Crippen LogP contribution in [-0.4, -0.2) is 33.1 Å². The van der Waals surface area contributed by atoms with Crippen molar-refractivity contribution in [3.63, 3.8) is 0 Å². The number of aromatic nitrogens is 4. The number of H-pyrrole nitrogens is 1. The molecule has 6 nitrogen and oxygen atoms in total. The molecule has 0 atom stereocenters. The van der Waals surface area contributed by atoms with Gasteiger partial charge in [0, 0.05) is 24.5 Å². The molecule has 1 aromatic carbocycles. The highest BCUT2D eigenvalue weighted by Crippen LogP contribution is 2.33. The molecule has 1 aliphatic carbocycles. The first-order chi connectivity index (χ1) is 15.8. The Bertz CT molecular complexity index is 1230. The van der Waals surface area contributed by atoms with Gasteiger partial charge >= 0.3 is 0 Å². The van der Waals surface area contributed by atoms with Gasteiger partial charge in [-0.2, -0.15) is 0 Å². The largest absolute Gasteiger partial charge is 0.492 e. The third-order valence-corrected chi connectivity index (χ3v) is 5.33. The third-order valence-electron chi connectivity index (χ3n) is 5.33. The first-order valence-corrected chi connectivity index (χ1v) is 10.8. The van der Waals surface area contributed by atoms with Crippen molar-refractivity contribution in [1.29, 1.82) is 0 Å². The van der Waals surface area contributed by atoms with E-state index in [0.29, 0.717) is 19.0 Å². The van der Waals surface area contributed by atoms with Crippen molar-refractivity contribution in [2.24, 2.45) is 0 Å². The van der Waals surface area contributed by atoms with Crippen molar-refractivity contribution in [2.75, 3.05) is 13.2 Å². The number of ether oxygens (including phenoxy) is 2. The highest BCUT2D eigenvalue weighted by Gasteiger charge is 2.14. The van der Waals surface area contributed by atoms with Crippen molar-refractivity contribution in [1.82, 2.24) is 19.9 Å². The molecule has 0 bridgehead atoms. The van der Waals surface area contributed by atoms with E-state index >= 15 is 0 Å². The van der Waals surface area contributed by atoms with Crippen LogP contribution in [0.25, 0.3) is 22.6 Å². The quantitative estimate of drug-likeness (QED) is 0.416. The lowest BCUT2D eigenvalue weighted by molar-refractivity contribution is 0.319. The number of allylic oxidation sites excluding steroid dienone is 3. The average Bonchev–Trinajstić information content (AvgIpc) is 3.29. The van der Waals surface area contributed by atoms with Crippen LogP contribution < -0.4 is 9.47 Å². The molecule has 3 aromatic heterocycles. The Labute approximate surface area is 186 Å². The Morgan fingerprint density at radius 2 is 1.94 bits per heavy atom. The zero-order valence-corrected chi connectivity index (χ0v) is 17.7. The molecule has 1 N–H and O–H groups in total. The third kappa shape index (κ3) is 4.70. The van der Waals surface area contributed by atoms with Gasteiger partial charge in [0.25, 0.3) is 0 Å². The predicted molar refractivity (Wildman–Crippen MR) is 125 cm³/mol. The van der Waals surface area contributed by atoms with Gasteiger partial charge in [-0.3, -0.25) is 4.98 Å². The molecule has 0 fully saturated rings. The molecule has 0 saturated carbocycles. The molecule has 4 aromatic rings. The Balaban J connectivity index is 1.39. The normalized spacial score (nSPS) is 13.2. The second-order valence-electron chi connectivity index (χ2n) is 7.61. The number of nitrogens with zero attached hydrogens (tertiary/aromatic N) is 3. The molecule has 0 spiro atoms. The van der Waals surface area contributed by atoms with Crippen LogP contribution in [0, 0.1) is 0 Å². The monoisotopic (exact) mass is 424 g/mol. The van der Waals surface area contributed by atoms with Gasteiger partial charge in [-0.1, -0.05) is 24.3 Å². The predicted octanol–water partition coefficient (Wildman–Crippen LogP) is 5.30. The molecule has 6 heteroatoms. The summed E-state index contributed by atoms with van der Waals surface area (Å²) in [5, 5.41) is 0. The topological polar surface area (TPSA) is 72.9 Å². The van der Waals surface area contributed by atoms with Crippen LogP contribution in [0.15, 0.2) is 84.7 Å². The molecule has 3 heterocycles. The first kappa shape index (κ1) is 20.0. The van der Waals surface area contributed by atoms with E-state index in [1.54, 1.807) is 12.4 Å². The number of nitrogens with one attached hydrogen (secondary N) is 1. The maximum Gasteiger partial charge on any atom is 0.157 e. The summed E-state index contributed by atoms with van der Waals surface area (Å²) in [7, 11) is 0. The summed E-state index contributed by atoms with van der Waals surface area (Å²) in [4.78, 5) is 16.7. The van der Waals surface area contributed by atoms with E-state index in [2.05, 4.69) is 33.2 Å². The molecule has 5 rings (SSSR count). The summed E-state index contributed by atoms with van der Waals surface area (Å²) in [6.45, 7) is 1.09. The number of imidazole rings is 1. The lowest BCUT2D eigenvalue weighted by Gasteiger charge is -2.14. The number of fused-ring (bicyclic) bond motifs is 1. The van der Waals surface area contributed by atoms with Crippen LogP contribution in [0.3, 0.4) is 0 Å². The summed E-state index contributed by atoms with van der Waals surface area (Å²) in [5.41, 5.74) is 4.69. The number of rotatable bonds is 8. The van der Waals surface area contributed by atoms with E-state index in [0.717, 1.165) is 53.2 Å². The fourth-order valence-electron chi connectivity index (χ4n) is 3.64. The van der Waals surface area contributed by atoms with E-state index < -0.39 is 0 Å². The number of hydrogen-bond donors (Lipinski definition) is 1. The van der Waals surface area contributed by atoms with Crippen molar-refractivity contribution < 1.29 is 9.47 Å². The lowest BCUT2D eigenvalue weighted by atomic mass is 10.1. The van der Waals surface area contributed by atoms with E-state index in [4.69, 9.17) is 14.5 Å². The molecule has 0 unspecified atom stereocenters. The minimum atomic E-state index is 0.516. The second kappa shape index (κ2) is 9.47. The number of benzene rings is 1. The smallest absolute Gasteiger partial charge is 0.157 e. The molecule has 0 radical (unpaired) electrons. The number of pyridine rings is 2. The SMILES string of the molecule is C1=CCCC(COc2ccc(OCCc3ccccn3)c(-c3nc4cccnc4[nH]3)c2)=C1. The van der Waals surface area contributed by atoms with Crippen molar-refractivity contribution in [3.05, 3.63) is 90.4 Å². The minimum Gasteiger partial charge on any atom is -0.492 e. The van der Waals surface area contributed by atoms with Crippen molar-refractivity contribution in [3.8, 4) is 22.9 Å².